The molecule has 0 radical (unpaired) electrons. The fourth-order valence-electron chi connectivity index (χ4n) is 5.19. The van der Waals surface area contributed by atoms with Crippen LogP contribution >= 0.6 is 0 Å². The zero-order valence-corrected chi connectivity index (χ0v) is 23.0. The topological polar surface area (TPSA) is 85.5 Å². The average Bonchev–Trinajstić information content (AvgIpc) is 2.83. The summed E-state index contributed by atoms with van der Waals surface area (Å²) in [6, 6.07) is 4.71. The van der Waals surface area contributed by atoms with Gasteiger partial charge in [0.1, 0.15) is 17.5 Å². The summed E-state index contributed by atoms with van der Waals surface area (Å²) in [6.07, 6.45) is -1.62. The number of nitrogens with zero attached hydrogens (tertiary/aromatic N) is 3. The Kier molecular flexibility index (Phi) is 7.84. The lowest BCUT2D eigenvalue weighted by molar-refractivity contribution is -0.140. The molecule has 2 atom stereocenters. The van der Waals surface area contributed by atoms with Crippen molar-refractivity contribution in [1.29, 1.82) is 0 Å². The highest BCUT2D eigenvalue weighted by Gasteiger charge is 2.44. The van der Waals surface area contributed by atoms with E-state index in [0.717, 1.165) is 19.3 Å². The van der Waals surface area contributed by atoms with E-state index in [2.05, 4.69) is 41.2 Å². The Morgan fingerprint density at radius 3 is 2.36 bits per heavy atom. The van der Waals surface area contributed by atoms with Crippen molar-refractivity contribution in [3.05, 3.63) is 47.0 Å². The fraction of sp³-hybridized carbons (Fsp3) is 0.500. The molecule has 1 aromatic heterocycles. The number of nitrogens with one attached hydrogen (secondary N) is 1. The number of ether oxygens (including phenoxy) is 2. The molecule has 0 saturated heterocycles. The number of fused-ring (bicyclic) bond motifs is 1. The molecule has 212 valence electrons. The molecule has 0 bridgehead atoms. The minimum absolute atomic E-state index is 0.0177. The fourth-order valence-corrected chi connectivity index (χ4v) is 5.19. The molecular formula is C28H35F4N5O2. The Labute approximate surface area is 225 Å². The maximum absolute atomic E-state index is 14.9. The third-order valence-corrected chi connectivity index (χ3v) is 7.87. The molecule has 1 fully saturated rings. The molecule has 0 amide bonds. The first-order valence-corrected chi connectivity index (χ1v) is 12.8. The second-order valence-corrected chi connectivity index (χ2v) is 10.6. The van der Waals surface area contributed by atoms with E-state index in [9.17, 15) is 17.6 Å². The molecule has 1 aliphatic rings. The molecule has 11 heteroatoms. The summed E-state index contributed by atoms with van der Waals surface area (Å²) in [6.45, 7) is 5.93. The first kappa shape index (κ1) is 28.7. The number of rotatable bonds is 9. The predicted octanol–water partition coefficient (Wildman–Crippen LogP) is 6.36. The summed E-state index contributed by atoms with van der Waals surface area (Å²) in [5.41, 5.74) is 4.44. The highest BCUT2D eigenvalue weighted by molar-refractivity contribution is 5.92. The molecule has 39 heavy (non-hydrogen) atoms. The van der Waals surface area contributed by atoms with Gasteiger partial charge in [-0.1, -0.05) is 6.42 Å². The lowest BCUT2D eigenvalue weighted by atomic mass is 9.64. The predicted molar refractivity (Wildman–Crippen MR) is 144 cm³/mol. The minimum atomic E-state index is -4.88. The number of benzene rings is 2. The number of nitrogens with two attached hydrogens (primary N) is 1. The smallest absolute Gasteiger partial charge is 0.419 e. The summed E-state index contributed by atoms with van der Waals surface area (Å²) < 4.78 is 67.1. The Bertz CT molecular complexity index is 1360. The summed E-state index contributed by atoms with van der Waals surface area (Å²) in [4.78, 5) is 11.2. The van der Waals surface area contributed by atoms with Crippen LogP contribution in [0.4, 0.5) is 29.1 Å². The summed E-state index contributed by atoms with van der Waals surface area (Å²) in [5, 5.41) is 3.63. The summed E-state index contributed by atoms with van der Waals surface area (Å²) >= 11 is 0. The third kappa shape index (κ3) is 5.68. The van der Waals surface area contributed by atoms with Crippen molar-refractivity contribution >= 4 is 22.4 Å². The summed E-state index contributed by atoms with van der Waals surface area (Å²) in [5.74, 6) is 0.375. The second-order valence-electron chi connectivity index (χ2n) is 10.6. The van der Waals surface area contributed by atoms with Gasteiger partial charge in [-0.15, -0.1) is 0 Å². The molecule has 2 aromatic carbocycles. The lowest BCUT2D eigenvalue weighted by Crippen LogP contribution is -2.50. The van der Waals surface area contributed by atoms with Gasteiger partial charge in [0.2, 0.25) is 0 Å². The van der Waals surface area contributed by atoms with Crippen LogP contribution in [0, 0.1) is 18.2 Å². The SMILES string of the molecule is COc1cc2nc(C)nc(N[C@H](C)c3cc(N)cc(C(F)(F)F)c3F)c2cc1OCC1([C@@H](C)N(C)C)CCC1. The minimum Gasteiger partial charge on any atom is -0.493 e. The molecule has 3 aromatic rings. The van der Waals surface area contributed by atoms with Gasteiger partial charge >= 0.3 is 6.18 Å². The van der Waals surface area contributed by atoms with Gasteiger partial charge in [-0.2, -0.15) is 13.2 Å². The molecule has 1 aliphatic carbocycles. The van der Waals surface area contributed by atoms with Gasteiger partial charge in [-0.05, 0) is 65.9 Å². The highest BCUT2D eigenvalue weighted by atomic mass is 19.4. The van der Waals surface area contributed by atoms with Crippen LogP contribution in [0.15, 0.2) is 24.3 Å². The Morgan fingerprint density at radius 1 is 1.10 bits per heavy atom. The van der Waals surface area contributed by atoms with Gasteiger partial charge in [0.15, 0.2) is 11.5 Å². The van der Waals surface area contributed by atoms with Gasteiger partial charge in [0.25, 0.3) is 0 Å². The maximum Gasteiger partial charge on any atom is 0.419 e. The number of aromatic nitrogens is 2. The Morgan fingerprint density at radius 2 is 1.79 bits per heavy atom. The van der Waals surface area contributed by atoms with Crippen LogP contribution in [0.25, 0.3) is 10.9 Å². The van der Waals surface area contributed by atoms with E-state index in [1.807, 2.05) is 0 Å². The molecular weight excluding hydrogens is 514 g/mol. The van der Waals surface area contributed by atoms with Gasteiger partial charge in [0.05, 0.1) is 30.8 Å². The van der Waals surface area contributed by atoms with Crippen molar-refractivity contribution in [3.8, 4) is 11.5 Å². The van der Waals surface area contributed by atoms with Crippen molar-refractivity contribution in [3.63, 3.8) is 0 Å². The van der Waals surface area contributed by atoms with Crippen LogP contribution in [0.3, 0.4) is 0 Å². The Hall–Kier alpha value is -3.34. The zero-order chi connectivity index (χ0) is 28.7. The van der Waals surface area contributed by atoms with Crippen molar-refractivity contribution in [2.24, 2.45) is 5.41 Å². The monoisotopic (exact) mass is 549 g/mol. The van der Waals surface area contributed by atoms with Gasteiger partial charge in [-0.25, -0.2) is 14.4 Å². The number of alkyl halides is 3. The number of nitrogen functional groups attached to an aromatic ring is 1. The van der Waals surface area contributed by atoms with E-state index in [1.54, 1.807) is 33.1 Å². The number of methoxy groups -OCH3 is 1. The first-order chi connectivity index (χ1) is 18.3. The maximum atomic E-state index is 14.9. The number of anilines is 2. The van der Waals surface area contributed by atoms with Gasteiger partial charge in [-0.3, -0.25) is 0 Å². The molecule has 1 saturated carbocycles. The largest absolute Gasteiger partial charge is 0.493 e. The standard InChI is InChI=1S/C28H35F4N5O2/c1-15(19-10-18(33)11-21(25(19)29)28(30,31)32)34-26-20-12-24(23(38-6)13-22(20)35-17(3)36-26)39-14-27(8-7-9-27)16(2)37(4)5/h10-13,15-16H,7-9,14,33H2,1-6H3,(H,34,35,36)/t15-,16-/m1/s1. The van der Waals surface area contributed by atoms with E-state index in [1.165, 1.54) is 6.07 Å². The molecule has 0 spiro atoms. The van der Waals surface area contributed by atoms with Crippen LogP contribution in [-0.4, -0.2) is 48.7 Å². The lowest BCUT2D eigenvalue weighted by Gasteiger charge is -2.48. The Balaban J connectivity index is 1.70. The van der Waals surface area contributed by atoms with Crippen LogP contribution in [0.1, 0.15) is 56.1 Å². The van der Waals surface area contributed by atoms with Crippen molar-refractivity contribution in [2.75, 3.05) is 38.9 Å². The summed E-state index contributed by atoms with van der Waals surface area (Å²) in [7, 11) is 5.66. The molecule has 0 unspecified atom stereocenters. The quantitative estimate of drug-likeness (QED) is 0.237. The number of hydrogen-bond donors (Lipinski definition) is 2. The zero-order valence-electron chi connectivity index (χ0n) is 23.0. The molecule has 4 rings (SSSR count). The van der Waals surface area contributed by atoms with Crippen molar-refractivity contribution in [2.45, 2.75) is 58.3 Å². The third-order valence-electron chi connectivity index (χ3n) is 7.87. The van der Waals surface area contributed by atoms with Crippen LogP contribution in [0.5, 0.6) is 11.5 Å². The van der Waals surface area contributed by atoms with Crippen LogP contribution in [-0.2, 0) is 6.18 Å². The molecule has 3 N–H and O–H groups in total. The van der Waals surface area contributed by atoms with Gasteiger partial charge in [0, 0.05) is 34.2 Å². The first-order valence-electron chi connectivity index (χ1n) is 12.8. The highest BCUT2D eigenvalue weighted by Crippen LogP contribution is 2.46. The molecule has 7 nitrogen and oxygen atoms in total. The van der Waals surface area contributed by atoms with Crippen LogP contribution < -0.4 is 20.5 Å². The van der Waals surface area contributed by atoms with Crippen molar-refractivity contribution < 1.29 is 27.0 Å². The van der Waals surface area contributed by atoms with Crippen molar-refractivity contribution in [1.82, 2.24) is 14.9 Å². The molecule has 0 aliphatic heterocycles. The van der Waals surface area contributed by atoms with E-state index in [-0.39, 0.29) is 16.7 Å². The van der Waals surface area contributed by atoms with E-state index in [4.69, 9.17) is 15.2 Å². The number of hydrogen-bond acceptors (Lipinski definition) is 7. The normalized spacial score (nSPS) is 16.6. The van der Waals surface area contributed by atoms with E-state index < -0.39 is 23.6 Å². The average molecular weight is 550 g/mol. The second kappa shape index (κ2) is 10.7. The number of halogens is 4. The van der Waals surface area contributed by atoms with E-state index in [0.29, 0.717) is 52.8 Å². The van der Waals surface area contributed by atoms with E-state index >= 15 is 0 Å². The molecule has 1 heterocycles. The van der Waals surface area contributed by atoms with Gasteiger partial charge < -0.3 is 25.4 Å². The van der Waals surface area contributed by atoms with Crippen LogP contribution in [0.2, 0.25) is 0 Å². The number of aryl methyl sites for hydroxylation is 1.